The number of hydrogen-bond acceptors (Lipinski definition) is 4. The molecule has 6 heteroatoms. The summed E-state index contributed by atoms with van der Waals surface area (Å²) in [6, 6.07) is 5.47. The average Bonchev–Trinajstić information content (AvgIpc) is 2.79. The fraction of sp³-hybridized carbons (Fsp3) is 0. The summed E-state index contributed by atoms with van der Waals surface area (Å²) in [4.78, 5) is 11.6. The van der Waals surface area contributed by atoms with Gasteiger partial charge < -0.3 is 0 Å². The number of halogens is 2. The fourth-order valence-electron chi connectivity index (χ4n) is 1.55. The Balaban J connectivity index is 2.22. The normalized spacial score (nSPS) is 10.9. The lowest BCUT2D eigenvalue weighted by molar-refractivity contribution is 0.618. The predicted octanol–water partition coefficient (Wildman–Crippen LogP) is 3.55. The van der Waals surface area contributed by atoms with Crippen molar-refractivity contribution in [2.75, 3.05) is 0 Å². The summed E-state index contributed by atoms with van der Waals surface area (Å²) in [5.74, 6) is -0.496. The molecule has 2 aromatic heterocycles. The van der Waals surface area contributed by atoms with Crippen LogP contribution in [0.5, 0.6) is 0 Å². The molecular formula is C11H5ClFN3S. The predicted molar refractivity (Wildman–Crippen MR) is 65.6 cm³/mol. The molecule has 3 rings (SSSR count). The molecule has 0 spiro atoms. The summed E-state index contributed by atoms with van der Waals surface area (Å²) in [6.45, 7) is 0. The highest BCUT2D eigenvalue weighted by molar-refractivity contribution is 7.16. The molecule has 0 atom stereocenters. The quantitative estimate of drug-likeness (QED) is 0.632. The molecule has 0 amide bonds. The number of fused-ring (bicyclic) bond motifs is 1. The fourth-order valence-corrected chi connectivity index (χ4v) is 2.35. The van der Waals surface area contributed by atoms with Gasteiger partial charge in [-0.15, -0.1) is 11.3 Å². The minimum absolute atomic E-state index is 0.0276. The van der Waals surface area contributed by atoms with Crippen LogP contribution < -0.4 is 0 Å². The second-order valence-electron chi connectivity index (χ2n) is 3.37. The zero-order valence-electron chi connectivity index (χ0n) is 8.39. The van der Waals surface area contributed by atoms with E-state index in [4.69, 9.17) is 11.6 Å². The summed E-state index contributed by atoms with van der Waals surface area (Å²) in [7, 11) is 0. The summed E-state index contributed by atoms with van der Waals surface area (Å²) >= 11 is 7.20. The van der Waals surface area contributed by atoms with Crippen molar-refractivity contribution < 1.29 is 4.39 Å². The van der Waals surface area contributed by atoms with Crippen molar-refractivity contribution in [3.05, 3.63) is 41.0 Å². The molecule has 3 nitrogen and oxygen atoms in total. The van der Waals surface area contributed by atoms with Crippen LogP contribution in [-0.4, -0.2) is 15.0 Å². The maximum absolute atomic E-state index is 13.6. The van der Waals surface area contributed by atoms with Gasteiger partial charge in [0.25, 0.3) is 0 Å². The minimum Gasteiger partial charge on any atom is -0.245 e. The van der Waals surface area contributed by atoms with Crippen LogP contribution in [0.25, 0.3) is 21.5 Å². The Morgan fingerprint density at radius 3 is 3.00 bits per heavy atom. The van der Waals surface area contributed by atoms with Gasteiger partial charge in [0.1, 0.15) is 5.69 Å². The Morgan fingerprint density at radius 2 is 2.12 bits per heavy atom. The Labute approximate surface area is 105 Å². The van der Waals surface area contributed by atoms with E-state index in [0.717, 1.165) is 16.4 Å². The monoisotopic (exact) mass is 265 g/mol. The topological polar surface area (TPSA) is 38.7 Å². The third-order valence-electron chi connectivity index (χ3n) is 2.32. The molecular weight excluding hydrogens is 261 g/mol. The van der Waals surface area contributed by atoms with Crippen LogP contribution in [-0.2, 0) is 0 Å². The van der Waals surface area contributed by atoms with Gasteiger partial charge in [-0.3, -0.25) is 0 Å². The van der Waals surface area contributed by atoms with Gasteiger partial charge in [-0.05, 0) is 23.7 Å². The largest absolute Gasteiger partial charge is 0.245 e. The maximum atomic E-state index is 13.6. The first-order valence-corrected chi connectivity index (χ1v) is 6.01. The summed E-state index contributed by atoms with van der Waals surface area (Å²) in [5, 5.41) is 0.0276. The highest BCUT2D eigenvalue weighted by atomic mass is 35.5. The standard InChI is InChI=1S/C11H5ClFN3S/c12-11-14-4-7(13)10(16-11)6-1-2-9-8(3-6)15-5-17-9/h1-5H. The molecule has 0 unspecified atom stereocenters. The van der Waals surface area contributed by atoms with Crippen LogP contribution in [0.1, 0.15) is 0 Å². The third kappa shape index (κ3) is 1.87. The van der Waals surface area contributed by atoms with Crippen LogP contribution in [0.3, 0.4) is 0 Å². The van der Waals surface area contributed by atoms with Crippen molar-refractivity contribution in [1.82, 2.24) is 15.0 Å². The van der Waals surface area contributed by atoms with E-state index in [1.165, 1.54) is 11.3 Å². The Kier molecular flexibility index (Phi) is 2.49. The van der Waals surface area contributed by atoms with Gasteiger partial charge in [-0.1, -0.05) is 6.07 Å². The zero-order chi connectivity index (χ0) is 11.8. The molecule has 0 bridgehead atoms. The molecule has 1 aromatic carbocycles. The van der Waals surface area contributed by atoms with Crippen LogP contribution in [0.4, 0.5) is 4.39 Å². The molecule has 0 aliphatic heterocycles. The SMILES string of the molecule is Fc1cnc(Cl)nc1-c1ccc2scnc2c1. The number of aromatic nitrogens is 3. The van der Waals surface area contributed by atoms with Gasteiger partial charge in [0.05, 0.1) is 21.9 Å². The van der Waals surface area contributed by atoms with E-state index in [1.54, 1.807) is 17.6 Å². The number of benzene rings is 1. The Hall–Kier alpha value is -1.59. The number of rotatable bonds is 1. The number of hydrogen-bond donors (Lipinski definition) is 0. The van der Waals surface area contributed by atoms with Gasteiger partial charge in [-0.2, -0.15) is 0 Å². The van der Waals surface area contributed by atoms with Crippen LogP contribution in [0, 0.1) is 5.82 Å². The first-order valence-electron chi connectivity index (χ1n) is 4.76. The molecule has 3 aromatic rings. The van der Waals surface area contributed by atoms with Crippen molar-refractivity contribution in [1.29, 1.82) is 0 Å². The van der Waals surface area contributed by atoms with Crippen LogP contribution in [0.2, 0.25) is 5.28 Å². The maximum Gasteiger partial charge on any atom is 0.223 e. The van der Waals surface area contributed by atoms with E-state index in [-0.39, 0.29) is 11.0 Å². The first kappa shape index (κ1) is 10.6. The van der Waals surface area contributed by atoms with E-state index in [1.807, 2.05) is 6.07 Å². The van der Waals surface area contributed by atoms with Crippen LogP contribution >= 0.6 is 22.9 Å². The molecule has 0 aliphatic rings. The second kappa shape index (κ2) is 4.01. The first-order chi connectivity index (χ1) is 8.24. The zero-order valence-corrected chi connectivity index (χ0v) is 9.96. The summed E-state index contributed by atoms with van der Waals surface area (Å²) in [6.07, 6.45) is 1.07. The van der Waals surface area contributed by atoms with E-state index in [0.29, 0.717) is 5.56 Å². The van der Waals surface area contributed by atoms with E-state index in [2.05, 4.69) is 15.0 Å². The van der Waals surface area contributed by atoms with Crippen molar-refractivity contribution in [3.8, 4) is 11.3 Å². The molecule has 0 N–H and O–H groups in total. The molecule has 84 valence electrons. The summed E-state index contributed by atoms with van der Waals surface area (Å²) < 4.78 is 14.6. The van der Waals surface area contributed by atoms with Gasteiger partial charge >= 0.3 is 0 Å². The smallest absolute Gasteiger partial charge is 0.223 e. The Morgan fingerprint density at radius 1 is 1.24 bits per heavy atom. The Bertz CT molecular complexity index is 698. The minimum atomic E-state index is -0.496. The van der Waals surface area contributed by atoms with E-state index >= 15 is 0 Å². The molecule has 17 heavy (non-hydrogen) atoms. The number of thiazole rings is 1. The molecule has 0 radical (unpaired) electrons. The third-order valence-corrected chi connectivity index (χ3v) is 3.31. The van der Waals surface area contributed by atoms with Gasteiger partial charge in [-0.25, -0.2) is 19.3 Å². The highest BCUT2D eigenvalue weighted by Crippen LogP contribution is 2.26. The lowest BCUT2D eigenvalue weighted by Gasteiger charge is -2.02. The van der Waals surface area contributed by atoms with E-state index in [9.17, 15) is 4.39 Å². The van der Waals surface area contributed by atoms with Gasteiger partial charge in [0, 0.05) is 5.56 Å². The van der Waals surface area contributed by atoms with E-state index < -0.39 is 5.82 Å². The average molecular weight is 266 g/mol. The number of nitrogens with zero attached hydrogens (tertiary/aromatic N) is 3. The van der Waals surface area contributed by atoms with Gasteiger partial charge in [0.15, 0.2) is 5.82 Å². The molecule has 2 heterocycles. The second-order valence-corrected chi connectivity index (χ2v) is 4.59. The van der Waals surface area contributed by atoms with Crippen molar-refractivity contribution in [2.24, 2.45) is 0 Å². The van der Waals surface area contributed by atoms with Crippen molar-refractivity contribution in [2.45, 2.75) is 0 Å². The summed E-state index contributed by atoms with van der Waals surface area (Å²) in [5.41, 5.74) is 3.41. The van der Waals surface area contributed by atoms with Crippen molar-refractivity contribution >= 4 is 33.2 Å². The van der Waals surface area contributed by atoms with Crippen molar-refractivity contribution in [3.63, 3.8) is 0 Å². The lowest BCUT2D eigenvalue weighted by atomic mass is 10.1. The highest BCUT2D eigenvalue weighted by Gasteiger charge is 2.09. The van der Waals surface area contributed by atoms with Gasteiger partial charge in [0.2, 0.25) is 5.28 Å². The molecule has 0 aliphatic carbocycles. The lowest BCUT2D eigenvalue weighted by Crippen LogP contribution is -1.92. The molecule has 0 saturated carbocycles. The molecule has 0 fully saturated rings. The molecule has 0 saturated heterocycles. The van der Waals surface area contributed by atoms with Crippen LogP contribution in [0.15, 0.2) is 29.9 Å².